The molecule has 4 heteroatoms. The van der Waals surface area contributed by atoms with Crippen LogP contribution in [0, 0.1) is 0 Å². The molecule has 1 heterocycles. The molecule has 0 radical (unpaired) electrons. The van der Waals surface area contributed by atoms with Gasteiger partial charge in [0.25, 0.3) is 0 Å². The lowest BCUT2D eigenvalue weighted by molar-refractivity contribution is 0.224. The summed E-state index contributed by atoms with van der Waals surface area (Å²) in [4.78, 5) is 4.72. The lowest BCUT2D eigenvalue weighted by atomic mass is 10.1. The molecule has 0 aliphatic carbocycles. The maximum Gasteiger partial charge on any atom is 0.116 e. The van der Waals surface area contributed by atoms with Crippen molar-refractivity contribution in [3.8, 4) is 0 Å². The second-order valence-corrected chi connectivity index (χ2v) is 4.15. The zero-order valence-corrected chi connectivity index (χ0v) is 8.79. The van der Waals surface area contributed by atoms with E-state index in [-0.39, 0.29) is 0 Å². The van der Waals surface area contributed by atoms with Crippen LogP contribution < -0.4 is 0 Å². The van der Waals surface area contributed by atoms with E-state index in [2.05, 4.69) is 4.98 Å². The van der Waals surface area contributed by atoms with Gasteiger partial charge in [-0.3, -0.25) is 4.98 Å². The number of halogens is 1. The molecular weight excluding hydrogens is 218 g/mol. The molecule has 0 aliphatic rings. The second-order valence-electron chi connectivity index (χ2n) is 2.83. The first-order valence-corrected chi connectivity index (χ1v) is 5.35. The number of rotatable bonds is 2. The van der Waals surface area contributed by atoms with Gasteiger partial charge >= 0.3 is 0 Å². The van der Waals surface area contributed by atoms with Crippen LogP contribution in [-0.2, 0) is 0 Å². The zero-order valence-electron chi connectivity index (χ0n) is 7.22. The molecule has 0 amide bonds. The molecule has 2 rings (SSSR count). The van der Waals surface area contributed by atoms with E-state index < -0.39 is 6.10 Å². The first-order chi connectivity index (χ1) is 6.79. The van der Waals surface area contributed by atoms with Crippen molar-refractivity contribution in [2.75, 3.05) is 0 Å². The van der Waals surface area contributed by atoms with E-state index in [9.17, 15) is 5.11 Å². The average Bonchev–Trinajstić information content (AvgIpc) is 2.70. The number of aliphatic hydroxyl groups is 1. The van der Waals surface area contributed by atoms with E-state index in [1.165, 1.54) is 11.3 Å². The molecule has 1 N–H and O–H groups in total. The fourth-order valence-corrected chi connectivity index (χ4v) is 2.07. The summed E-state index contributed by atoms with van der Waals surface area (Å²) in [6.45, 7) is 0. The van der Waals surface area contributed by atoms with Crippen molar-refractivity contribution in [2.45, 2.75) is 6.10 Å². The van der Waals surface area contributed by atoms with Crippen molar-refractivity contribution < 1.29 is 5.11 Å². The Bertz CT molecular complexity index is 416. The molecule has 0 bridgehead atoms. The number of thiazole rings is 1. The van der Waals surface area contributed by atoms with Crippen LogP contribution in [0.3, 0.4) is 0 Å². The van der Waals surface area contributed by atoms with Gasteiger partial charge in [-0.15, -0.1) is 11.3 Å². The van der Waals surface area contributed by atoms with Crippen LogP contribution in [-0.4, -0.2) is 10.1 Å². The molecule has 1 aromatic heterocycles. The molecule has 0 saturated heterocycles. The summed E-state index contributed by atoms with van der Waals surface area (Å²) in [6, 6.07) is 7.27. The van der Waals surface area contributed by atoms with E-state index in [1.54, 1.807) is 17.8 Å². The normalized spacial score (nSPS) is 12.7. The third kappa shape index (κ3) is 1.80. The number of nitrogens with zero attached hydrogens (tertiary/aromatic N) is 1. The smallest absolute Gasteiger partial charge is 0.116 e. The quantitative estimate of drug-likeness (QED) is 0.853. The third-order valence-corrected chi connectivity index (χ3v) is 3.09. The molecule has 0 spiro atoms. The Kier molecular flexibility index (Phi) is 2.82. The molecule has 0 fully saturated rings. The standard InChI is InChI=1S/C10H8ClNOS/c11-8-4-2-1-3-7(8)10(13)9-5-12-6-14-9/h1-6,10,13H. The topological polar surface area (TPSA) is 33.1 Å². The zero-order chi connectivity index (χ0) is 9.97. The molecule has 0 aliphatic heterocycles. The highest BCUT2D eigenvalue weighted by molar-refractivity contribution is 7.09. The number of hydrogen-bond acceptors (Lipinski definition) is 3. The van der Waals surface area contributed by atoms with Gasteiger partial charge in [0, 0.05) is 16.8 Å². The summed E-state index contributed by atoms with van der Waals surface area (Å²) in [5, 5.41) is 10.5. The maximum atomic E-state index is 9.95. The summed E-state index contributed by atoms with van der Waals surface area (Å²) < 4.78 is 0. The predicted octanol–water partition coefficient (Wildman–Crippen LogP) is 2.88. The van der Waals surface area contributed by atoms with Crippen molar-refractivity contribution in [3.63, 3.8) is 0 Å². The van der Waals surface area contributed by atoms with Crippen molar-refractivity contribution >= 4 is 22.9 Å². The van der Waals surface area contributed by atoms with Gasteiger partial charge in [-0.05, 0) is 6.07 Å². The van der Waals surface area contributed by atoms with Crippen LogP contribution in [0.4, 0.5) is 0 Å². The molecule has 14 heavy (non-hydrogen) atoms. The first-order valence-electron chi connectivity index (χ1n) is 4.10. The van der Waals surface area contributed by atoms with Crippen LogP contribution in [0.25, 0.3) is 0 Å². The van der Waals surface area contributed by atoms with Gasteiger partial charge in [0.1, 0.15) is 6.10 Å². The van der Waals surface area contributed by atoms with Crippen LogP contribution in [0.15, 0.2) is 36.0 Å². The van der Waals surface area contributed by atoms with Gasteiger partial charge in [-0.1, -0.05) is 29.8 Å². The minimum Gasteiger partial charge on any atom is -0.383 e. The second kappa shape index (κ2) is 4.09. The Hall–Kier alpha value is -0.900. The fourth-order valence-electron chi connectivity index (χ4n) is 1.21. The summed E-state index contributed by atoms with van der Waals surface area (Å²) in [5.74, 6) is 0. The number of benzene rings is 1. The van der Waals surface area contributed by atoms with E-state index in [0.717, 1.165) is 10.4 Å². The van der Waals surface area contributed by atoms with Crippen molar-refractivity contribution in [2.24, 2.45) is 0 Å². The summed E-state index contributed by atoms with van der Waals surface area (Å²) in [5.41, 5.74) is 2.41. The van der Waals surface area contributed by atoms with Crippen molar-refractivity contribution in [3.05, 3.63) is 51.4 Å². The Morgan fingerprint density at radius 3 is 2.79 bits per heavy atom. The van der Waals surface area contributed by atoms with Crippen molar-refractivity contribution in [1.82, 2.24) is 4.98 Å². The summed E-state index contributed by atoms with van der Waals surface area (Å²) >= 11 is 7.38. The first kappa shape index (κ1) is 9.65. The lowest BCUT2D eigenvalue weighted by Crippen LogP contribution is -1.97. The SMILES string of the molecule is OC(c1cncs1)c1ccccc1Cl. The number of aromatic nitrogens is 1. The minimum atomic E-state index is -0.670. The van der Waals surface area contributed by atoms with Gasteiger partial charge in [-0.2, -0.15) is 0 Å². The highest BCUT2D eigenvalue weighted by Gasteiger charge is 2.14. The van der Waals surface area contributed by atoms with Crippen LogP contribution in [0.2, 0.25) is 5.02 Å². The Morgan fingerprint density at radius 1 is 1.36 bits per heavy atom. The summed E-state index contributed by atoms with van der Waals surface area (Å²) in [6.07, 6.45) is 0.981. The minimum absolute atomic E-state index is 0.577. The van der Waals surface area contributed by atoms with E-state index in [0.29, 0.717) is 5.02 Å². The molecule has 2 nitrogen and oxygen atoms in total. The Labute approximate surface area is 90.8 Å². The average molecular weight is 226 g/mol. The Balaban J connectivity index is 2.37. The highest BCUT2D eigenvalue weighted by Crippen LogP contribution is 2.29. The van der Waals surface area contributed by atoms with Gasteiger partial charge < -0.3 is 5.11 Å². The van der Waals surface area contributed by atoms with Crippen LogP contribution in [0.1, 0.15) is 16.5 Å². The number of hydrogen-bond donors (Lipinski definition) is 1. The summed E-state index contributed by atoms with van der Waals surface area (Å²) in [7, 11) is 0. The molecule has 72 valence electrons. The predicted molar refractivity (Wildman–Crippen MR) is 57.6 cm³/mol. The van der Waals surface area contributed by atoms with E-state index >= 15 is 0 Å². The van der Waals surface area contributed by atoms with Crippen LogP contribution >= 0.6 is 22.9 Å². The molecule has 1 aromatic carbocycles. The van der Waals surface area contributed by atoms with Gasteiger partial charge in [0.2, 0.25) is 0 Å². The largest absolute Gasteiger partial charge is 0.383 e. The fraction of sp³-hybridized carbons (Fsp3) is 0.100. The highest BCUT2D eigenvalue weighted by atomic mass is 35.5. The number of aliphatic hydroxyl groups excluding tert-OH is 1. The molecule has 1 unspecified atom stereocenters. The Morgan fingerprint density at radius 2 is 2.14 bits per heavy atom. The van der Waals surface area contributed by atoms with Gasteiger partial charge in [0.15, 0.2) is 0 Å². The lowest BCUT2D eigenvalue weighted by Gasteiger charge is -2.09. The molecular formula is C10H8ClNOS. The van der Waals surface area contributed by atoms with Crippen molar-refractivity contribution in [1.29, 1.82) is 0 Å². The molecule has 1 atom stereocenters. The van der Waals surface area contributed by atoms with Crippen LogP contribution in [0.5, 0.6) is 0 Å². The van der Waals surface area contributed by atoms with Gasteiger partial charge in [-0.25, -0.2) is 0 Å². The maximum absolute atomic E-state index is 9.95. The molecule has 0 saturated carbocycles. The third-order valence-electron chi connectivity index (χ3n) is 1.92. The van der Waals surface area contributed by atoms with E-state index in [1.807, 2.05) is 18.2 Å². The monoisotopic (exact) mass is 225 g/mol. The molecule has 2 aromatic rings. The van der Waals surface area contributed by atoms with E-state index in [4.69, 9.17) is 11.6 Å². The van der Waals surface area contributed by atoms with Gasteiger partial charge in [0.05, 0.1) is 10.4 Å².